The maximum Gasteiger partial charge on any atom is 0.516 e. The quantitative estimate of drug-likeness (QED) is 0.827. The van der Waals surface area contributed by atoms with Crippen LogP contribution in [0.4, 0.5) is 27.6 Å². The Morgan fingerprint density at radius 3 is 2.13 bits per heavy atom. The van der Waals surface area contributed by atoms with Gasteiger partial charge in [0.05, 0.1) is 13.1 Å². The van der Waals surface area contributed by atoms with Crippen molar-refractivity contribution in [1.29, 1.82) is 0 Å². The minimum atomic E-state index is -5.58. The second-order valence-electron chi connectivity index (χ2n) is 4.53. The van der Waals surface area contributed by atoms with Gasteiger partial charge in [-0.2, -0.15) is 26.7 Å². The van der Waals surface area contributed by atoms with Crippen molar-refractivity contribution in [3.05, 3.63) is 29.3 Å². The molecule has 1 aliphatic rings. The van der Waals surface area contributed by atoms with E-state index in [-0.39, 0.29) is 16.4 Å². The largest absolute Gasteiger partial charge is 0.516 e. The van der Waals surface area contributed by atoms with Gasteiger partial charge >= 0.3 is 15.5 Å². The average Bonchev–Trinajstić information content (AvgIpc) is 2.45. The zero-order chi connectivity index (χ0) is 17.4. The number of nitrogens with two attached hydrogens (primary N) is 1. The highest BCUT2D eigenvalue weighted by Gasteiger charge is 2.50. The molecule has 0 radical (unpaired) electrons. The van der Waals surface area contributed by atoms with Crippen molar-refractivity contribution < 1.29 is 30.4 Å². The summed E-state index contributed by atoms with van der Waals surface area (Å²) < 4.78 is 87.4. The molecule has 23 heavy (non-hydrogen) atoms. The molecule has 0 aliphatic carbocycles. The molecule has 1 aromatic carbocycles. The molecular formula is C11H11F5N4O2S. The summed E-state index contributed by atoms with van der Waals surface area (Å²) in [7, 11) is -5.58. The summed E-state index contributed by atoms with van der Waals surface area (Å²) in [6, 6.07) is 1.93. The molecule has 1 heterocycles. The molecule has 0 atom stereocenters. The molecule has 0 spiro atoms. The van der Waals surface area contributed by atoms with Gasteiger partial charge in [-0.25, -0.2) is 13.1 Å². The first-order valence-electron chi connectivity index (χ1n) is 6.15. The van der Waals surface area contributed by atoms with Crippen LogP contribution in [-0.2, 0) is 16.6 Å². The minimum Gasteiger partial charge on any atom is -0.326 e. The zero-order valence-electron chi connectivity index (χ0n) is 11.4. The molecule has 2 rings (SSSR count). The Hall–Kier alpha value is -1.95. The number of sulfonamides is 1. The van der Waals surface area contributed by atoms with E-state index >= 15 is 0 Å². The molecule has 0 bridgehead atoms. The number of hydrogen-bond acceptors (Lipinski definition) is 5. The van der Waals surface area contributed by atoms with Crippen LogP contribution in [0.15, 0.2) is 17.2 Å². The molecule has 0 unspecified atom stereocenters. The van der Waals surface area contributed by atoms with Crippen molar-refractivity contribution in [1.82, 2.24) is 4.31 Å². The van der Waals surface area contributed by atoms with Crippen molar-refractivity contribution in [2.24, 2.45) is 10.8 Å². The van der Waals surface area contributed by atoms with Crippen LogP contribution in [0.2, 0.25) is 0 Å². The van der Waals surface area contributed by atoms with Crippen molar-refractivity contribution in [2.75, 3.05) is 18.1 Å². The molecule has 0 amide bonds. The highest BCUT2D eigenvalue weighted by Crippen LogP contribution is 2.29. The summed E-state index contributed by atoms with van der Waals surface area (Å²) in [6.07, 6.45) is 0.363. The topological polar surface area (TPSA) is 79.0 Å². The lowest BCUT2D eigenvalue weighted by Crippen LogP contribution is -2.46. The third-order valence-electron chi connectivity index (χ3n) is 3.02. The Kier molecular flexibility index (Phi) is 4.48. The van der Waals surface area contributed by atoms with E-state index in [1.54, 1.807) is 0 Å². The van der Waals surface area contributed by atoms with Crippen molar-refractivity contribution in [3.63, 3.8) is 0 Å². The number of hydrogen-bond donors (Lipinski definition) is 1. The van der Waals surface area contributed by atoms with Crippen LogP contribution in [0.5, 0.6) is 0 Å². The molecule has 1 aromatic rings. The summed E-state index contributed by atoms with van der Waals surface area (Å²) >= 11 is 0. The van der Waals surface area contributed by atoms with E-state index in [4.69, 9.17) is 5.73 Å². The minimum absolute atomic E-state index is 0.0342. The Bertz CT molecular complexity index is 711. The van der Waals surface area contributed by atoms with Crippen LogP contribution >= 0.6 is 0 Å². The fraction of sp³-hybridized carbons (Fsp3) is 0.364. The van der Waals surface area contributed by atoms with Crippen LogP contribution in [0.1, 0.15) is 5.56 Å². The number of anilines is 1. The lowest BCUT2D eigenvalue weighted by molar-refractivity contribution is -0.0471. The molecule has 0 aromatic heterocycles. The fourth-order valence-electron chi connectivity index (χ4n) is 1.90. The van der Waals surface area contributed by atoms with Crippen LogP contribution < -0.4 is 10.7 Å². The van der Waals surface area contributed by atoms with Gasteiger partial charge in [-0.3, -0.25) is 5.01 Å². The van der Waals surface area contributed by atoms with E-state index in [2.05, 4.69) is 5.10 Å². The van der Waals surface area contributed by atoms with Gasteiger partial charge < -0.3 is 5.73 Å². The molecular weight excluding hydrogens is 347 g/mol. The average molecular weight is 358 g/mol. The third kappa shape index (κ3) is 3.22. The second kappa shape index (κ2) is 5.92. The predicted octanol–water partition coefficient (Wildman–Crippen LogP) is 1.34. The van der Waals surface area contributed by atoms with Crippen molar-refractivity contribution >= 4 is 22.0 Å². The van der Waals surface area contributed by atoms with E-state index < -0.39 is 45.9 Å². The molecule has 0 fully saturated rings. The number of benzene rings is 1. The highest BCUT2D eigenvalue weighted by atomic mass is 32.2. The summed E-state index contributed by atoms with van der Waals surface area (Å²) in [4.78, 5) is 0. The number of alkyl halides is 3. The number of nitrogens with zero attached hydrogens (tertiary/aromatic N) is 3. The predicted molar refractivity (Wildman–Crippen MR) is 71.8 cm³/mol. The molecule has 128 valence electrons. The van der Waals surface area contributed by atoms with E-state index in [1.807, 2.05) is 0 Å². The van der Waals surface area contributed by atoms with E-state index in [0.29, 0.717) is 6.34 Å². The summed E-state index contributed by atoms with van der Waals surface area (Å²) in [6.45, 7) is -1.22. The number of hydrazone groups is 1. The van der Waals surface area contributed by atoms with Gasteiger partial charge in [-0.05, 0) is 17.7 Å². The van der Waals surface area contributed by atoms with Gasteiger partial charge in [0, 0.05) is 6.54 Å². The lowest BCUT2D eigenvalue weighted by atomic mass is 10.2. The normalized spacial score (nSPS) is 16.1. The first-order chi connectivity index (χ1) is 10.6. The smallest absolute Gasteiger partial charge is 0.326 e. The van der Waals surface area contributed by atoms with Crippen LogP contribution in [0.25, 0.3) is 0 Å². The molecule has 1 aliphatic heterocycles. The second-order valence-corrected chi connectivity index (χ2v) is 6.41. The van der Waals surface area contributed by atoms with Gasteiger partial charge in [0.15, 0.2) is 11.6 Å². The van der Waals surface area contributed by atoms with E-state index in [0.717, 1.165) is 17.1 Å². The first-order valence-corrected chi connectivity index (χ1v) is 7.59. The zero-order valence-corrected chi connectivity index (χ0v) is 12.2. The summed E-state index contributed by atoms with van der Waals surface area (Å²) in [5.74, 6) is -2.01. The standard InChI is InChI=1S/C11H11F5N4O2S/c12-8-3-7(5-17)4-9(13)10(8)20-2-1-19(6-18-20)23(21,22)11(14,15)16/h3-4,6H,1-2,5,17H2. The van der Waals surface area contributed by atoms with Gasteiger partial charge in [0.2, 0.25) is 0 Å². The highest BCUT2D eigenvalue weighted by molar-refractivity contribution is 7.90. The Morgan fingerprint density at radius 1 is 1.17 bits per heavy atom. The van der Waals surface area contributed by atoms with Gasteiger partial charge in [-0.1, -0.05) is 0 Å². The summed E-state index contributed by atoms with van der Waals surface area (Å²) in [5.41, 5.74) is -0.628. The van der Waals surface area contributed by atoms with Gasteiger partial charge in [-0.15, -0.1) is 0 Å². The van der Waals surface area contributed by atoms with Gasteiger partial charge in [0.1, 0.15) is 12.0 Å². The SMILES string of the molecule is NCc1cc(F)c(N2CCN(S(=O)(=O)C(F)(F)F)C=N2)c(F)c1. The number of halogens is 5. The molecule has 0 saturated heterocycles. The van der Waals surface area contributed by atoms with Crippen LogP contribution in [0.3, 0.4) is 0 Å². The third-order valence-corrected chi connectivity index (χ3v) is 4.50. The Balaban J connectivity index is 2.30. The van der Waals surface area contributed by atoms with E-state index in [1.165, 1.54) is 0 Å². The fourth-order valence-corrected chi connectivity index (χ4v) is 2.65. The van der Waals surface area contributed by atoms with Crippen LogP contribution in [-0.4, -0.2) is 37.7 Å². The van der Waals surface area contributed by atoms with Crippen LogP contribution in [0, 0.1) is 11.6 Å². The monoisotopic (exact) mass is 358 g/mol. The van der Waals surface area contributed by atoms with Gasteiger partial charge in [0.25, 0.3) is 0 Å². The lowest BCUT2D eigenvalue weighted by Gasteiger charge is -2.30. The van der Waals surface area contributed by atoms with E-state index in [9.17, 15) is 30.4 Å². The first kappa shape index (κ1) is 17.4. The number of rotatable bonds is 3. The maximum atomic E-state index is 13.9. The molecule has 6 nitrogen and oxygen atoms in total. The summed E-state index contributed by atoms with van der Waals surface area (Å²) in [5, 5.41) is 4.13. The Morgan fingerprint density at radius 2 is 1.74 bits per heavy atom. The molecule has 0 saturated carbocycles. The molecule has 2 N–H and O–H groups in total. The van der Waals surface area contributed by atoms with Crippen molar-refractivity contribution in [3.8, 4) is 0 Å². The Labute approximate surface area is 128 Å². The molecule has 12 heteroatoms. The van der Waals surface area contributed by atoms with Crippen molar-refractivity contribution in [2.45, 2.75) is 12.1 Å². The maximum absolute atomic E-state index is 13.9.